The summed E-state index contributed by atoms with van der Waals surface area (Å²) in [6.07, 6.45) is 1.35. The van der Waals surface area contributed by atoms with Crippen LogP contribution in [0.2, 0.25) is 0 Å². The van der Waals surface area contributed by atoms with Gasteiger partial charge in [-0.2, -0.15) is 0 Å². The van der Waals surface area contributed by atoms with Gasteiger partial charge in [0.05, 0.1) is 19.2 Å². The molecule has 1 saturated heterocycles. The van der Waals surface area contributed by atoms with Crippen LogP contribution in [0.5, 0.6) is 0 Å². The van der Waals surface area contributed by atoms with Gasteiger partial charge in [0.25, 0.3) is 0 Å². The summed E-state index contributed by atoms with van der Waals surface area (Å²) < 4.78 is 0.488. The van der Waals surface area contributed by atoms with Gasteiger partial charge in [-0.05, 0) is 15.9 Å². The summed E-state index contributed by atoms with van der Waals surface area (Å²) in [4.78, 5) is 31.6. The molecule has 15 heavy (non-hydrogen) atoms. The lowest BCUT2D eigenvalue weighted by Crippen LogP contribution is -2.26. The fourth-order valence-corrected chi connectivity index (χ4v) is 1.65. The number of hydrogen-bond donors (Lipinski definition) is 1. The van der Waals surface area contributed by atoms with Gasteiger partial charge in [0, 0.05) is 0 Å². The Hall–Kier alpha value is -1.50. The molecule has 0 aromatic carbocycles. The zero-order chi connectivity index (χ0) is 11.0. The van der Waals surface area contributed by atoms with Crippen molar-refractivity contribution >= 4 is 39.3 Å². The van der Waals surface area contributed by atoms with E-state index in [1.165, 1.54) is 11.1 Å². The molecule has 1 fully saturated rings. The number of hydrogen-bond acceptors (Lipinski definition) is 5. The van der Waals surface area contributed by atoms with Gasteiger partial charge in [-0.1, -0.05) is 0 Å². The number of nitrogens with two attached hydrogens (primary N) is 1. The second-order valence-electron chi connectivity index (χ2n) is 3.10. The Morgan fingerprint density at radius 1 is 1.47 bits per heavy atom. The van der Waals surface area contributed by atoms with Crippen molar-refractivity contribution in [3.8, 4) is 0 Å². The highest BCUT2D eigenvalue weighted by molar-refractivity contribution is 9.10. The largest absolute Gasteiger partial charge is 0.381 e. The van der Waals surface area contributed by atoms with Crippen LogP contribution in [0.3, 0.4) is 0 Å². The first-order valence-corrected chi connectivity index (χ1v) is 4.97. The topological polar surface area (TPSA) is 89.2 Å². The number of amides is 1. The van der Waals surface area contributed by atoms with Crippen molar-refractivity contribution in [2.75, 3.05) is 17.2 Å². The van der Waals surface area contributed by atoms with Crippen molar-refractivity contribution in [3.05, 3.63) is 10.8 Å². The van der Waals surface area contributed by atoms with Crippen molar-refractivity contribution in [2.24, 2.45) is 0 Å². The van der Waals surface area contributed by atoms with E-state index in [1.807, 2.05) is 0 Å². The van der Waals surface area contributed by atoms with E-state index in [2.05, 4.69) is 25.9 Å². The van der Waals surface area contributed by atoms with E-state index in [0.717, 1.165) is 0 Å². The Balaban J connectivity index is 2.38. The molecule has 2 rings (SSSR count). The molecule has 1 aliphatic rings. The fraction of sp³-hybridized carbons (Fsp3) is 0.250. The summed E-state index contributed by atoms with van der Waals surface area (Å²) in [5.74, 6) is -0.0473. The third-order valence-electron chi connectivity index (χ3n) is 1.99. The van der Waals surface area contributed by atoms with Crippen molar-refractivity contribution < 1.29 is 9.59 Å². The minimum atomic E-state index is -0.289. The molecular formula is C8H7BrN4O2. The van der Waals surface area contributed by atoms with E-state index in [1.54, 1.807) is 0 Å². The highest BCUT2D eigenvalue weighted by Crippen LogP contribution is 2.23. The van der Waals surface area contributed by atoms with Crippen molar-refractivity contribution in [1.82, 2.24) is 9.97 Å². The third-order valence-corrected chi connectivity index (χ3v) is 2.37. The van der Waals surface area contributed by atoms with Gasteiger partial charge >= 0.3 is 0 Å². The Labute approximate surface area is 93.6 Å². The van der Waals surface area contributed by atoms with E-state index in [4.69, 9.17) is 5.73 Å². The maximum absolute atomic E-state index is 11.4. The lowest BCUT2D eigenvalue weighted by Gasteiger charge is -2.14. The maximum Gasteiger partial charge on any atom is 0.236 e. The Morgan fingerprint density at radius 3 is 2.73 bits per heavy atom. The SMILES string of the molecule is Nc1nc(Br)cnc1N1CC(=O)CC1=O. The number of halogens is 1. The number of anilines is 2. The second kappa shape index (κ2) is 3.58. The lowest BCUT2D eigenvalue weighted by atomic mass is 10.3. The fourth-order valence-electron chi connectivity index (χ4n) is 1.36. The van der Waals surface area contributed by atoms with Gasteiger partial charge in [0.2, 0.25) is 5.91 Å². The molecule has 0 unspecified atom stereocenters. The van der Waals surface area contributed by atoms with E-state index >= 15 is 0 Å². The maximum atomic E-state index is 11.4. The highest BCUT2D eigenvalue weighted by Gasteiger charge is 2.31. The first kappa shape index (κ1) is 10.0. The van der Waals surface area contributed by atoms with Crippen LogP contribution in [0.1, 0.15) is 6.42 Å². The Morgan fingerprint density at radius 2 is 2.20 bits per heavy atom. The Bertz CT molecular complexity index is 448. The molecule has 0 saturated carbocycles. The van der Waals surface area contributed by atoms with Crippen molar-refractivity contribution in [1.29, 1.82) is 0 Å². The van der Waals surface area contributed by atoms with Crippen LogP contribution >= 0.6 is 15.9 Å². The number of carbonyl (C=O) groups excluding carboxylic acids is 2. The molecule has 1 aliphatic heterocycles. The standard InChI is InChI=1S/C8H7BrN4O2/c9-5-2-11-8(7(10)12-5)13-3-4(14)1-6(13)15/h2H,1,3H2,(H2,10,12). The molecule has 0 radical (unpaired) electrons. The molecule has 0 bridgehead atoms. The molecule has 0 aliphatic carbocycles. The number of Topliss-reactive ketones (excluding diaryl/α,β-unsaturated/α-hetero) is 1. The van der Waals surface area contributed by atoms with Crippen LogP contribution in [0, 0.1) is 0 Å². The summed E-state index contributed by atoms with van der Waals surface area (Å²) in [6, 6.07) is 0. The minimum absolute atomic E-state index is 0.0271. The van der Waals surface area contributed by atoms with Crippen LogP contribution in [-0.2, 0) is 9.59 Å². The van der Waals surface area contributed by atoms with Crippen molar-refractivity contribution in [2.45, 2.75) is 6.42 Å². The summed E-state index contributed by atoms with van der Waals surface area (Å²) >= 11 is 3.11. The summed E-state index contributed by atoms with van der Waals surface area (Å²) in [5.41, 5.74) is 5.60. The monoisotopic (exact) mass is 270 g/mol. The van der Waals surface area contributed by atoms with Crippen LogP contribution < -0.4 is 10.6 Å². The molecule has 78 valence electrons. The molecule has 6 nitrogen and oxygen atoms in total. The second-order valence-corrected chi connectivity index (χ2v) is 3.91. The molecule has 1 aromatic rings. The predicted octanol–water partition coefficient (Wildman–Crippen LogP) is 0.127. The number of nitrogen functional groups attached to an aromatic ring is 1. The molecular weight excluding hydrogens is 264 g/mol. The Kier molecular flexibility index (Phi) is 2.39. The van der Waals surface area contributed by atoms with Crippen LogP contribution in [0.15, 0.2) is 10.8 Å². The van der Waals surface area contributed by atoms with E-state index in [-0.39, 0.29) is 36.3 Å². The molecule has 1 amide bonds. The lowest BCUT2D eigenvalue weighted by molar-refractivity contribution is -0.121. The average Bonchev–Trinajstić information content (AvgIpc) is 2.45. The van der Waals surface area contributed by atoms with E-state index in [0.29, 0.717) is 4.60 Å². The van der Waals surface area contributed by atoms with E-state index in [9.17, 15) is 9.59 Å². The van der Waals surface area contributed by atoms with Crippen LogP contribution in [-0.4, -0.2) is 28.2 Å². The molecule has 1 aromatic heterocycles. The van der Waals surface area contributed by atoms with Gasteiger partial charge < -0.3 is 5.73 Å². The van der Waals surface area contributed by atoms with Crippen LogP contribution in [0.25, 0.3) is 0 Å². The first-order valence-electron chi connectivity index (χ1n) is 4.18. The number of carbonyl (C=O) groups is 2. The summed E-state index contributed by atoms with van der Waals surface area (Å²) in [6.45, 7) is 0.0271. The van der Waals surface area contributed by atoms with E-state index < -0.39 is 0 Å². The summed E-state index contributed by atoms with van der Waals surface area (Å²) in [7, 11) is 0. The number of ketones is 1. The smallest absolute Gasteiger partial charge is 0.236 e. The third kappa shape index (κ3) is 1.82. The molecule has 7 heteroatoms. The zero-order valence-corrected chi connectivity index (χ0v) is 9.19. The van der Waals surface area contributed by atoms with Gasteiger partial charge in [-0.25, -0.2) is 9.97 Å². The van der Waals surface area contributed by atoms with Crippen molar-refractivity contribution in [3.63, 3.8) is 0 Å². The normalized spacial score (nSPS) is 16.2. The minimum Gasteiger partial charge on any atom is -0.381 e. The summed E-state index contributed by atoms with van der Waals surface area (Å²) in [5, 5.41) is 0. The number of aromatic nitrogens is 2. The molecule has 0 spiro atoms. The van der Waals surface area contributed by atoms with Gasteiger partial charge in [-0.3, -0.25) is 14.5 Å². The predicted molar refractivity (Wildman–Crippen MR) is 56.1 cm³/mol. The molecule has 2 N–H and O–H groups in total. The average molecular weight is 271 g/mol. The number of rotatable bonds is 1. The molecule has 0 atom stereocenters. The van der Waals surface area contributed by atoms with Gasteiger partial charge in [-0.15, -0.1) is 0 Å². The zero-order valence-electron chi connectivity index (χ0n) is 7.61. The molecule has 2 heterocycles. The quantitative estimate of drug-likeness (QED) is 0.733. The van der Waals surface area contributed by atoms with Gasteiger partial charge in [0.1, 0.15) is 4.60 Å². The van der Waals surface area contributed by atoms with Gasteiger partial charge in [0.15, 0.2) is 17.4 Å². The first-order chi connectivity index (χ1) is 7.08. The highest BCUT2D eigenvalue weighted by atomic mass is 79.9. The van der Waals surface area contributed by atoms with Crippen LogP contribution in [0.4, 0.5) is 11.6 Å². The number of nitrogens with zero attached hydrogens (tertiary/aromatic N) is 3.